The summed E-state index contributed by atoms with van der Waals surface area (Å²) in [7, 11) is 0. The lowest BCUT2D eigenvalue weighted by molar-refractivity contribution is 0.102. The molecule has 0 saturated heterocycles. The lowest BCUT2D eigenvalue weighted by Gasteiger charge is -2.14. The first-order valence-electron chi connectivity index (χ1n) is 9.24. The first-order valence-corrected chi connectivity index (χ1v) is 10.1. The van der Waals surface area contributed by atoms with Crippen LogP contribution in [0.15, 0.2) is 82.6 Å². The van der Waals surface area contributed by atoms with Crippen molar-refractivity contribution in [2.45, 2.75) is 23.6 Å². The molecule has 144 valence electrons. The third-order valence-corrected chi connectivity index (χ3v) is 5.00. The number of nitrogens with one attached hydrogen (secondary N) is 1. The molecule has 0 radical (unpaired) electrons. The van der Waals surface area contributed by atoms with E-state index in [2.05, 4.69) is 5.32 Å². The summed E-state index contributed by atoms with van der Waals surface area (Å²) >= 11 is 1.61. The van der Waals surface area contributed by atoms with Gasteiger partial charge in [-0.15, -0.1) is 0 Å². The van der Waals surface area contributed by atoms with Gasteiger partial charge in [0.15, 0.2) is 11.5 Å². The van der Waals surface area contributed by atoms with E-state index in [4.69, 9.17) is 9.47 Å². The number of hydrogen-bond acceptors (Lipinski definition) is 4. The molecule has 1 N–H and O–H groups in total. The van der Waals surface area contributed by atoms with E-state index in [9.17, 15) is 4.79 Å². The van der Waals surface area contributed by atoms with E-state index in [0.717, 1.165) is 15.5 Å². The highest BCUT2D eigenvalue weighted by molar-refractivity contribution is 7.99. The van der Waals surface area contributed by atoms with E-state index in [0.29, 0.717) is 30.3 Å². The Morgan fingerprint density at radius 2 is 1.54 bits per heavy atom. The summed E-state index contributed by atoms with van der Waals surface area (Å²) in [6.45, 7) is 4.86. The van der Waals surface area contributed by atoms with Crippen LogP contribution in [0.2, 0.25) is 0 Å². The number of carbonyl (C=O) groups is 1. The molecule has 0 aliphatic rings. The third kappa shape index (κ3) is 5.08. The van der Waals surface area contributed by atoms with Gasteiger partial charge in [0.1, 0.15) is 0 Å². The molecule has 0 aliphatic heterocycles. The minimum Gasteiger partial charge on any atom is -0.490 e. The summed E-state index contributed by atoms with van der Waals surface area (Å²) in [5.41, 5.74) is 1.29. The van der Waals surface area contributed by atoms with Crippen LogP contribution < -0.4 is 14.8 Å². The molecule has 0 aromatic heterocycles. The second-order valence-corrected chi connectivity index (χ2v) is 7.01. The second-order valence-electron chi connectivity index (χ2n) is 5.89. The fourth-order valence-electron chi connectivity index (χ4n) is 2.66. The van der Waals surface area contributed by atoms with Crippen molar-refractivity contribution in [1.82, 2.24) is 0 Å². The van der Waals surface area contributed by atoms with Crippen molar-refractivity contribution >= 4 is 23.4 Å². The number of anilines is 1. The van der Waals surface area contributed by atoms with Gasteiger partial charge in [-0.2, -0.15) is 0 Å². The zero-order chi connectivity index (χ0) is 19.8. The molecule has 3 aromatic carbocycles. The van der Waals surface area contributed by atoms with Crippen LogP contribution >= 0.6 is 11.8 Å². The van der Waals surface area contributed by atoms with Crippen LogP contribution in [0.25, 0.3) is 0 Å². The van der Waals surface area contributed by atoms with Crippen LogP contribution in [-0.2, 0) is 0 Å². The van der Waals surface area contributed by atoms with Gasteiger partial charge in [-0.1, -0.05) is 42.1 Å². The van der Waals surface area contributed by atoms with Crippen molar-refractivity contribution in [3.8, 4) is 11.5 Å². The Morgan fingerprint density at radius 1 is 0.857 bits per heavy atom. The fraction of sp³-hybridized carbons (Fsp3) is 0.174. The Balaban J connectivity index is 1.80. The molecule has 0 atom stereocenters. The third-order valence-electron chi connectivity index (χ3n) is 3.91. The average molecular weight is 394 g/mol. The van der Waals surface area contributed by atoms with Crippen LogP contribution in [0.5, 0.6) is 11.5 Å². The highest BCUT2D eigenvalue weighted by atomic mass is 32.2. The monoisotopic (exact) mass is 393 g/mol. The van der Waals surface area contributed by atoms with Gasteiger partial charge in [0.2, 0.25) is 0 Å². The van der Waals surface area contributed by atoms with Gasteiger partial charge >= 0.3 is 0 Å². The van der Waals surface area contributed by atoms with E-state index in [1.54, 1.807) is 30.0 Å². The lowest BCUT2D eigenvalue weighted by Crippen LogP contribution is -2.13. The van der Waals surface area contributed by atoms with Gasteiger partial charge in [0.05, 0.1) is 18.9 Å². The molecule has 1 amide bonds. The van der Waals surface area contributed by atoms with E-state index in [-0.39, 0.29) is 5.91 Å². The molecule has 4 nitrogen and oxygen atoms in total. The Kier molecular flexibility index (Phi) is 6.98. The Labute approximate surface area is 169 Å². The second kappa shape index (κ2) is 9.85. The molecule has 0 fully saturated rings. The standard InChI is InChI=1S/C23H23NO3S/c1-3-26-20-15-14-17(16-21(20)27-4-2)23(25)24-19-12-8-9-13-22(19)28-18-10-6-5-7-11-18/h5-16H,3-4H2,1-2H3,(H,24,25). The van der Waals surface area contributed by atoms with Crippen LogP contribution in [-0.4, -0.2) is 19.1 Å². The molecule has 0 spiro atoms. The average Bonchev–Trinajstić information content (AvgIpc) is 2.72. The summed E-state index contributed by atoms with van der Waals surface area (Å²) in [5, 5.41) is 3.01. The van der Waals surface area contributed by atoms with Crippen molar-refractivity contribution in [2.75, 3.05) is 18.5 Å². The van der Waals surface area contributed by atoms with Crippen molar-refractivity contribution in [1.29, 1.82) is 0 Å². The number of amides is 1. The molecule has 3 rings (SSSR count). The predicted molar refractivity (Wildman–Crippen MR) is 114 cm³/mol. The Morgan fingerprint density at radius 3 is 2.29 bits per heavy atom. The number of benzene rings is 3. The summed E-state index contributed by atoms with van der Waals surface area (Å²) in [5.74, 6) is 1.02. The van der Waals surface area contributed by atoms with Crippen LogP contribution in [0.4, 0.5) is 5.69 Å². The van der Waals surface area contributed by atoms with Gasteiger partial charge in [0, 0.05) is 15.4 Å². The van der Waals surface area contributed by atoms with Crippen LogP contribution in [0.3, 0.4) is 0 Å². The number of rotatable bonds is 8. The minimum atomic E-state index is -0.190. The molecule has 0 heterocycles. The van der Waals surface area contributed by atoms with E-state index < -0.39 is 0 Å². The zero-order valence-electron chi connectivity index (χ0n) is 16.0. The maximum atomic E-state index is 12.8. The maximum absolute atomic E-state index is 12.8. The number of hydrogen-bond donors (Lipinski definition) is 1. The zero-order valence-corrected chi connectivity index (χ0v) is 16.8. The molecule has 0 aliphatic carbocycles. The summed E-state index contributed by atoms with van der Waals surface area (Å²) in [4.78, 5) is 14.9. The van der Waals surface area contributed by atoms with E-state index in [1.165, 1.54) is 0 Å². The van der Waals surface area contributed by atoms with Gasteiger partial charge in [-0.25, -0.2) is 0 Å². The first kappa shape index (κ1) is 19.8. The van der Waals surface area contributed by atoms with Gasteiger partial charge in [0.25, 0.3) is 5.91 Å². The Hall–Kier alpha value is -2.92. The molecule has 28 heavy (non-hydrogen) atoms. The summed E-state index contributed by atoms with van der Waals surface area (Å²) in [6, 6.07) is 23.1. The van der Waals surface area contributed by atoms with E-state index in [1.807, 2.05) is 68.4 Å². The molecule has 0 bridgehead atoms. The highest BCUT2D eigenvalue weighted by Crippen LogP contribution is 2.34. The van der Waals surface area contributed by atoms with Crippen molar-refractivity contribution < 1.29 is 14.3 Å². The predicted octanol–water partition coefficient (Wildman–Crippen LogP) is 5.89. The number of ether oxygens (including phenoxy) is 2. The summed E-state index contributed by atoms with van der Waals surface area (Å²) < 4.78 is 11.2. The van der Waals surface area contributed by atoms with Gasteiger partial charge in [-0.05, 0) is 56.3 Å². The normalized spacial score (nSPS) is 10.4. The smallest absolute Gasteiger partial charge is 0.255 e. The van der Waals surface area contributed by atoms with Crippen molar-refractivity contribution in [3.05, 3.63) is 78.4 Å². The van der Waals surface area contributed by atoms with Crippen molar-refractivity contribution in [3.63, 3.8) is 0 Å². The van der Waals surface area contributed by atoms with Crippen LogP contribution in [0.1, 0.15) is 24.2 Å². The number of carbonyl (C=O) groups excluding carboxylic acids is 1. The largest absolute Gasteiger partial charge is 0.490 e. The highest BCUT2D eigenvalue weighted by Gasteiger charge is 2.13. The van der Waals surface area contributed by atoms with Gasteiger partial charge in [-0.3, -0.25) is 4.79 Å². The fourth-order valence-corrected chi connectivity index (χ4v) is 3.58. The SMILES string of the molecule is CCOc1ccc(C(=O)Nc2ccccc2Sc2ccccc2)cc1OCC. The lowest BCUT2D eigenvalue weighted by atomic mass is 10.2. The Bertz CT molecular complexity index is 928. The van der Waals surface area contributed by atoms with Crippen LogP contribution in [0, 0.1) is 0 Å². The van der Waals surface area contributed by atoms with E-state index >= 15 is 0 Å². The first-order chi connectivity index (χ1) is 13.7. The van der Waals surface area contributed by atoms with Crippen molar-refractivity contribution in [2.24, 2.45) is 0 Å². The molecule has 0 saturated carbocycles. The quantitative estimate of drug-likeness (QED) is 0.518. The summed E-state index contributed by atoms with van der Waals surface area (Å²) in [6.07, 6.45) is 0. The molecular formula is C23H23NO3S. The molecular weight excluding hydrogens is 370 g/mol. The van der Waals surface area contributed by atoms with Gasteiger partial charge < -0.3 is 14.8 Å². The number of para-hydroxylation sites is 1. The molecule has 3 aromatic rings. The molecule has 0 unspecified atom stereocenters. The maximum Gasteiger partial charge on any atom is 0.255 e. The molecule has 5 heteroatoms. The minimum absolute atomic E-state index is 0.190. The topological polar surface area (TPSA) is 47.6 Å².